The fourth-order valence-corrected chi connectivity index (χ4v) is 4.28. The average Bonchev–Trinajstić information content (AvgIpc) is 3.24. The van der Waals surface area contributed by atoms with Gasteiger partial charge in [-0.1, -0.05) is 0 Å². The van der Waals surface area contributed by atoms with Gasteiger partial charge in [0.1, 0.15) is 15.5 Å². The predicted molar refractivity (Wildman–Crippen MR) is 108 cm³/mol. The molecule has 10 nitrogen and oxygen atoms in total. The number of carbonyl (C=O) groups is 3. The number of rotatable bonds is 6. The molecule has 0 bridgehead atoms. The van der Waals surface area contributed by atoms with Crippen molar-refractivity contribution in [2.75, 3.05) is 17.7 Å². The Kier molecular flexibility index (Phi) is 6.03. The summed E-state index contributed by atoms with van der Waals surface area (Å²) in [4.78, 5) is 48.6. The lowest BCUT2D eigenvalue weighted by molar-refractivity contribution is -0.114. The molecule has 152 valence electrons. The number of amides is 1. The topological polar surface area (TPSA) is 146 Å². The molecule has 29 heavy (non-hydrogen) atoms. The zero-order chi connectivity index (χ0) is 21.1. The molecule has 12 heteroatoms. The van der Waals surface area contributed by atoms with Crippen LogP contribution >= 0.6 is 22.7 Å². The maximum Gasteiger partial charge on any atom is 0.358 e. The molecule has 0 saturated carbocycles. The number of thiazole rings is 1. The smallest absolute Gasteiger partial charge is 0.358 e. The number of carbonyl (C=O) groups excluding carboxylic acids is 3. The number of nitrogens with two attached hydrogens (primary N) is 1. The Morgan fingerprint density at radius 1 is 1.17 bits per heavy atom. The van der Waals surface area contributed by atoms with E-state index in [1.807, 2.05) is 0 Å². The normalized spacial score (nSPS) is 10.7. The fourth-order valence-electron chi connectivity index (χ4n) is 2.45. The molecule has 0 atom stereocenters. The maximum atomic E-state index is 12.1. The molecule has 3 aromatic heterocycles. The molecule has 0 aliphatic carbocycles. The number of aromatic nitrogens is 3. The standard InChI is InChI=1S/C17H17N5O5S2/c1-4-26-16(25)12-7(2)11-13(18)21-10(22-14(11)29-12)5-27-15(24)9-6-28-17(20-9)19-8(3)23/h6H,4-5H2,1-3H3,(H2,18,21,22)(H,19,20,23). The largest absolute Gasteiger partial charge is 0.462 e. The molecule has 0 aliphatic heterocycles. The number of ether oxygens (including phenoxy) is 2. The Morgan fingerprint density at radius 3 is 2.62 bits per heavy atom. The first-order valence-corrected chi connectivity index (χ1v) is 10.1. The quantitative estimate of drug-likeness (QED) is 0.557. The Labute approximate surface area is 173 Å². The fraction of sp³-hybridized carbons (Fsp3) is 0.294. The summed E-state index contributed by atoms with van der Waals surface area (Å²) in [5.74, 6) is -1.04. The van der Waals surface area contributed by atoms with Gasteiger partial charge in [-0.2, -0.15) is 0 Å². The third-order valence-electron chi connectivity index (χ3n) is 3.65. The molecule has 1 amide bonds. The Morgan fingerprint density at radius 2 is 1.93 bits per heavy atom. The summed E-state index contributed by atoms with van der Waals surface area (Å²) in [5, 5.41) is 4.84. The number of anilines is 2. The zero-order valence-corrected chi connectivity index (χ0v) is 17.4. The van der Waals surface area contributed by atoms with E-state index in [2.05, 4.69) is 20.3 Å². The van der Waals surface area contributed by atoms with Crippen LogP contribution in [0.25, 0.3) is 10.2 Å². The molecule has 0 aliphatic rings. The number of esters is 2. The van der Waals surface area contributed by atoms with Crippen molar-refractivity contribution < 1.29 is 23.9 Å². The lowest BCUT2D eigenvalue weighted by Crippen LogP contribution is -2.10. The summed E-state index contributed by atoms with van der Waals surface area (Å²) in [6, 6.07) is 0. The van der Waals surface area contributed by atoms with Crippen molar-refractivity contribution >= 4 is 61.7 Å². The number of fused-ring (bicyclic) bond motifs is 1. The third-order valence-corrected chi connectivity index (χ3v) is 5.58. The minimum atomic E-state index is -0.685. The van der Waals surface area contributed by atoms with Gasteiger partial charge in [-0.3, -0.25) is 4.79 Å². The van der Waals surface area contributed by atoms with Crippen molar-refractivity contribution in [3.05, 3.63) is 27.3 Å². The summed E-state index contributed by atoms with van der Waals surface area (Å²) in [7, 11) is 0. The minimum Gasteiger partial charge on any atom is -0.462 e. The Balaban J connectivity index is 1.76. The molecule has 0 fully saturated rings. The van der Waals surface area contributed by atoms with Crippen molar-refractivity contribution in [3.8, 4) is 0 Å². The summed E-state index contributed by atoms with van der Waals surface area (Å²) < 4.78 is 10.2. The van der Waals surface area contributed by atoms with E-state index in [-0.39, 0.29) is 36.5 Å². The molecule has 0 spiro atoms. The van der Waals surface area contributed by atoms with Crippen LogP contribution in [0.1, 0.15) is 45.4 Å². The molecule has 3 N–H and O–H groups in total. The van der Waals surface area contributed by atoms with E-state index >= 15 is 0 Å². The number of nitrogens with zero attached hydrogens (tertiary/aromatic N) is 3. The van der Waals surface area contributed by atoms with Crippen molar-refractivity contribution in [3.63, 3.8) is 0 Å². The molecule has 0 saturated heterocycles. The van der Waals surface area contributed by atoms with Gasteiger partial charge in [0, 0.05) is 12.3 Å². The van der Waals surface area contributed by atoms with Crippen molar-refractivity contribution in [2.45, 2.75) is 27.4 Å². The summed E-state index contributed by atoms with van der Waals surface area (Å²) >= 11 is 2.25. The highest BCUT2D eigenvalue weighted by Gasteiger charge is 2.21. The van der Waals surface area contributed by atoms with E-state index in [0.717, 1.165) is 22.7 Å². The number of aryl methyl sites for hydroxylation is 1. The molecule has 0 unspecified atom stereocenters. The van der Waals surface area contributed by atoms with Gasteiger partial charge in [0.2, 0.25) is 5.91 Å². The first-order valence-electron chi connectivity index (χ1n) is 8.43. The molecule has 3 rings (SSSR count). The summed E-state index contributed by atoms with van der Waals surface area (Å²) in [6.07, 6.45) is 0. The van der Waals surface area contributed by atoms with E-state index in [1.54, 1.807) is 13.8 Å². The van der Waals surface area contributed by atoms with E-state index in [9.17, 15) is 14.4 Å². The van der Waals surface area contributed by atoms with Gasteiger partial charge >= 0.3 is 11.9 Å². The van der Waals surface area contributed by atoms with Crippen LogP contribution < -0.4 is 11.1 Å². The lowest BCUT2D eigenvalue weighted by Gasteiger charge is -2.04. The zero-order valence-electron chi connectivity index (χ0n) is 15.8. The van der Waals surface area contributed by atoms with Crippen molar-refractivity contribution in [1.82, 2.24) is 15.0 Å². The monoisotopic (exact) mass is 435 g/mol. The van der Waals surface area contributed by atoms with Crippen molar-refractivity contribution in [1.29, 1.82) is 0 Å². The molecule has 3 aromatic rings. The Bertz CT molecular complexity index is 1110. The SMILES string of the molecule is CCOC(=O)c1sc2nc(COC(=O)c3csc(NC(C)=O)n3)nc(N)c2c1C. The van der Waals surface area contributed by atoms with Gasteiger partial charge in [-0.05, 0) is 19.4 Å². The number of thiophene rings is 1. The van der Waals surface area contributed by atoms with Gasteiger partial charge in [0.15, 0.2) is 23.3 Å². The number of nitrogens with one attached hydrogen (secondary N) is 1. The highest BCUT2D eigenvalue weighted by Crippen LogP contribution is 2.33. The van der Waals surface area contributed by atoms with E-state index in [0.29, 0.717) is 25.8 Å². The van der Waals surface area contributed by atoms with Crippen LogP contribution in [0, 0.1) is 6.92 Å². The minimum absolute atomic E-state index is 0.0596. The number of nitrogen functional groups attached to an aromatic ring is 1. The van der Waals surface area contributed by atoms with Gasteiger partial charge in [-0.25, -0.2) is 24.5 Å². The molecular weight excluding hydrogens is 418 g/mol. The van der Waals surface area contributed by atoms with Crippen LogP contribution in [0.3, 0.4) is 0 Å². The van der Waals surface area contributed by atoms with Crippen LogP contribution in [0.2, 0.25) is 0 Å². The molecule has 0 aromatic carbocycles. The van der Waals surface area contributed by atoms with E-state index < -0.39 is 11.9 Å². The maximum absolute atomic E-state index is 12.1. The molecular formula is C17H17N5O5S2. The van der Waals surface area contributed by atoms with Gasteiger partial charge in [-0.15, -0.1) is 22.7 Å². The third kappa shape index (κ3) is 4.49. The first kappa shape index (κ1) is 20.6. The van der Waals surface area contributed by atoms with Gasteiger partial charge in [0.05, 0.1) is 12.0 Å². The van der Waals surface area contributed by atoms with Crippen molar-refractivity contribution in [2.24, 2.45) is 0 Å². The second-order valence-corrected chi connectivity index (χ2v) is 7.63. The number of hydrogen-bond acceptors (Lipinski definition) is 11. The van der Waals surface area contributed by atoms with E-state index in [1.165, 1.54) is 12.3 Å². The predicted octanol–water partition coefficient (Wildman–Crippen LogP) is 2.53. The highest BCUT2D eigenvalue weighted by atomic mass is 32.1. The van der Waals surface area contributed by atoms with Crippen LogP contribution in [-0.2, 0) is 20.9 Å². The summed E-state index contributed by atoms with van der Waals surface area (Å²) in [5.41, 5.74) is 6.73. The molecule has 0 radical (unpaired) electrons. The van der Waals surface area contributed by atoms with Gasteiger partial charge < -0.3 is 20.5 Å². The average molecular weight is 435 g/mol. The second kappa shape index (κ2) is 8.49. The second-order valence-electron chi connectivity index (χ2n) is 5.78. The van der Waals surface area contributed by atoms with Crippen LogP contribution in [0.15, 0.2) is 5.38 Å². The molecule has 3 heterocycles. The summed E-state index contributed by atoms with van der Waals surface area (Å²) in [6.45, 7) is 4.85. The van der Waals surface area contributed by atoms with Crippen LogP contribution in [0.4, 0.5) is 10.9 Å². The van der Waals surface area contributed by atoms with E-state index in [4.69, 9.17) is 15.2 Å². The number of hydrogen-bond donors (Lipinski definition) is 2. The first-order chi connectivity index (χ1) is 13.8. The Hall–Kier alpha value is -3.12. The van der Waals surface area contributed by atoms with Crippen LogP contribution in [-0.4, -0.2) is 39.4 Å². The lowest BCUT2D eigenvalue weighted by atomic mass is 10.2. The van der Waals surface area contributed by atoms with Gasteiger partial charge in [0.25, 0.3) is 0 Å². The highest BCUT2D eigenvalue weighted by molar-refractivity contribution is 7.20. The van der Waals surface area contributed by atoms with Crippen LogP contribution in [0.5, 0.6) is 0 Å².